The van der Waals surface area contributed by atoms with Crippen LogP contribution >= 0.6 is 0 Å². The summed E-state index contributed by atoms with van der Waals surface area (Å²) in [7, 11) is -3.58. The first-order valence-corrected chi connectivity index (χ1v) is 7.98. The molecule has 114 valence electrons. The van der Waals surface area contributed by atoms with Crippen molar-refractivity contribution in [3.05, 3.63) is 29.6 Å². The number of carbonyl (C=O) groups excluding carboxylic acids is 1. The standard InChI is InChI=1S/C14H17FN2O3S/c1-14(2,21(3,19)20)13(18)17-11-6-7-12(15)10(9-11)5-4-8-16/h6-7,9H,8,16H2,1-3H3,(H,17,18). The minimum absolute atomic E-state index is 0.0791. The largest absolute Gasteiger partial charge is 0.325 e. The maximum Gasteiger partial charge on any atom is 0.245 e. The van der Waals surface area contributed by atoms with Gasteiger partial charge < -0.3 is 11.1 Å². The fourth-order valence-corrected chi connectivity index (χ4v) is 1.68. The molecule has 0 aliphatic heterocycles. The van der Waals surface area contributed by atoms with Crippen molar-refractivity contribution >= 4 is 21.4 Å². The Balaban J connectivity index is 3.07. The van der Waals surface area contributed by atoms with E-state index in [4.69, 9.17) is 5.73 Å². The summed E-state index contributed by atoms with van der Waals surface area (Å²) in [6.45, 7) is 2.68. The Kier molecular flexibility index (Phi) is 5.10. The van der Waals surface area contributed by atoms with Crippen molar-refractivity contribution in [2.45, 2.75) is 18.6 Å². The second-order valence-electron chi connectivity index (χ2n) is 4.94. The van der Waals surface area contributed by atoms with E-state index in [1.165, 1.54) is 26.0 Å². The van der Waals surface area contributed by atoms with Crippen LogP contribution < -0.4 is 11.1 Å². The average Bonchev–Trinajstić information content (AvgIpc) is 2.37. The number of benzene rings is 1. The summed E-state index contributed by atoms with van der Waals surface area (Å²) in [4.78, 5) is 12.1. The highest BCUT2D eigenvalue weighted by Crippen LogP contribution is 2.20. The van der Waals surface area contributed by atoms with Gasteiger partial charge >= 0.3 is 0 Å². The van der Waals surface area contributed by atoms with E-state index in [1.807, 2.05) is 0 Å². The predicted octanol–water partition coefficient (Wildman–Crippen LogP) is 0.898. The Bertz CT molecular complexity index is 715. The molecule has 0 aliphatic rings. The first-order chi connectivity index (χ1) is 9.59. The van der Waals surface area contributed by atoms with Crippen LogP contribution in [0.2, 0.25) is 0 Å². The van der Waals surface area contributed by atoms with E-state index in [2.05, 4.69) is 17.2 Å². The highest BCUT2D eigenvalue weighted by molar-refractivity contribution is 7.92. The molecule has 7 heteroatoms. The van der Waals surface area contributed by atoms with E-state index in [1.54, 1.807) is 0 Å². The fraction of sp³-hybridized carbons (Fsp3) is 0.357. The molecule has 0 aromatic heterocycles. The summed E-state index contributed by atoms with van der Waals surface area (Å²) in [5.74, 6) is 3.80. The Labute approximate surface area is 123 Å². The molecule has 0 spiro atoms. The third kappa shape index (κ3) is 4.03. The molecule has 0 heterocycles. The fourth-order valence-electron chi connectivity index (χ4n) is 1.30. The van der Waals surface area contributed by atoms with Crippen molar-refractivity contribution in [2.75, 3.05) is 18.1 Å². The first-order valence-electron chi connectivity index (χ1n) is 6.09. The van der Waals surface area contributed by atoms with Gasteiger partial charge in [0.05, 0.1) is 12.1 Å². The summed E-state index contributed by atoms with van der Waals surface area (Å²) in [6.07, 6.45) is 0.982. The van der Waals surface area contributed by atoms with Crippen LogP contribution in [-0.2, 0) is 14.6 Å². The predicted molar refractivity (Wildman–Crippen MR) is 79.9 cm³/mol. The van der Waals surface area contributed by atoms with Gasteiger partial charge in [-0.05, 0) is 32.0 Å². The highest BCUT2D eigenvalue weighted by atomic mass is 32.2. The number of nitrogens with two attached hydrogens (primary N) is 1. The van der Waals surface area contributed by atoms with E-state index in [-0.39, 0.29) is 17.8 Å². The van der Waals surface area contributed by atoms with Crippen LogP contribution in [0.25, 0.3) is 0 Å². The second-order valence-corrected chi connectivity index (χ2v) is 7.50. The Morgan fingerprint density at radius 1 is 1.43 bits per heavy atom. The summed E-state index contributed by atoms with van der Waals surface area (Å²) in [5, 5.41) is 2.45. The van der Waals surface area contributed by atoms with E-state index in [9.17, 15) is 17.6 Å². The van der Waals surface area contributed by atoms with Gasteiger partial charge in [0.2, 0.25) is 5.91 Å². The molecule has 1 aromatic carbocycles. The van der Waals surface area contributed by atoms with Crippen LogP contribution in [-0.4, -0.2) is 31.9 Å². The molecule has 0 unspecified atom stereocenters. The zero-order valence-corrected chi connectivity index (χ0v) is 12.8. The van der Waals surface area contributed by atoms with Crippen molar-refractivity contribution in [3.8, 4) is 11.8 Å². The minimum atomic E-state index is -3.58. The number of sulfone groups is 1. The van der Waals surface area contributed by atoms with Crippen LogP contribution in [0, 0.1) is 17.7 Å². The molecule has 0 bridgehead atoms. The van der Waals surface area contributed by atoms with Crippen LogP contribution in [0.4, 0.5) is 10.1 Å². The van der Waals surface area contributed by atoms with Crippen LogP contribution in [0.15, 0.2) is 18.2 Å². The Hall–Kier alpha value is -1.91. The number of halogens is 1. The lowest BCUT2D eigenvalue weighted by molar-refractivity contribution is -0.117. The van der Waals surface area contributed by atoms with Crippen LogP contribution in [0.5, 0.6) is 0 Å². The average molecular weight is 312 g/mol. The van der Waals surface area contributed by atoms with Crippen molar-refractivity contribution < 1.29 is 17.6 Å². The first kappa shape index (κ1) is 17.1. The molecule has 0 saturated heterocycles. The maximum atomic E-state index is 13.5. The van der Waals surface area contributed by atoms with Crippen molar-refractivity contribution in [3.63, 3.8) is 0 Å². The van der Waals surface area contributed by atoms with Gasteiger partial charge in [-0.1, -0.05) is 11.8 Å². The molecule has 5 nitrogen and oxygen atoms in total. The smallest absolute Gasteiger partial charge is 0.245 e. The molecule has 1 rings (SSSR count). The summed E-state index contributed by atoms with van der Waals surface area (Å²) >= 11 is 0. The van der Waals surface area contributed by atoms with Gasteiger partial charge in [0.25, 0.3) is 0 Å². The molecule has 0 fully saturated rings. The van der Waals surface area contributed by atoms with Gasteiger partial charge in [-0.25, -0.2) is 12.8 Å². The van der Waals surface area contributed by atoms with E-state index >= 15 is 0 Å². The van der Waals surface area contributed by atoms with Crippen molar-refractivity contribution in [2.24, 2.45) is 5.73 Å². The number of carbonyl (C=O) groups is 1. The SMILES string of the molecule is CC(C)(C(=O)Nc1ccc(F)c(C#CCN)c1)S(C)(=O)=O. The summed E-state index contributed by atoms with van der Waals surface area (Å²) < 4.78 is 35.1. The lowest BCUT2D eigenvalue weighted by Crippen LogP contribution is -2.43. The van der Waals surface area contributed by atoms with Crippen LogP contribution in [0.3, 0.4) is 0 Å². The molecule has 1 amide bonds. The van der Waals surface area contributed by atoms with Gasteiger partial charge in [0, 0.05) is 11.9 Å². The van der Waals surface area contributed by atoms with Gasteiger partial charge in [-0.3, -0.25) is 4.79 Å². The van der Waals surface area contributed by atoms with Gasteiger partial charge in [-0.15, -0.1) is 0 Å². The molecule has 0 aliphatic carbocycles. The molecular weight excluding hydrogens is 295 g/mol. The molecular formula is C14H17FN2O3S. The summed E-state index contributed by atoms with van der Waals surface area (Å²) in [5.41, 5.74) is 5.56. The number of hydrogen-bond donors (Lipinski definition) is 2. The number of nitrogens with one attached hydrogen (secondary N) is 1. The summed E-state index contributed by atoms with van der Waals surface area (Å²) in [6, 6.07) is 3.80. The normalized spacial score (nSPS) is 11.5. The molecule has 0 radical (unpaired) electrons. The maximum absolute atomic E-state index is 13.5. The Morgan fingerprint density at radius 2 is 2.05 bits per heavy atom. The molecule has 0 atom stereocenters. The van der Waals surface area contributed by atoms with Gasteiger partial charge in [-0.2, -0.15) is 0 Å². The zero-order valence-electron chi connectivity index (χ0n) is 12.0. The van der Waals surface area contributed by atoms with Crippen molar-refractivity contribution in [1.29, 1.82) is 0 Å². The topological polar surface area (TPSA) is 89.3 Å². The lowest BCUT2D eigenvalue weighted by atomic mass is 10.1. The minimum Gasteiger partial charge on any atom is -0.325 e. The van der Waals surface area contributed by atoms with E-state index in [0.717, 1.165) is 12.3 Å². The third-order valence-electron chi connectivity index (χ3n) is 3.02. The van der Waals surface area contributed by atoms with Crippen molar-refractivity contribution in [1.82, 2.24) is 0 Å². The van der Waals surface area contributed by atoms with Gasteiger partial charge in [0.15, 0.2) is 9.84 Å². The lowest BCUT2D eigenvalue weighted by Gasteiger charge is -2.21. The van der Waals surface area contributed by atoms with Gasteiger partial charge in [0.1, 0.15) is 10.6 Å². The number of rotatable bonds is 3. The Morgan fingerprint density at radius 3 is 2.57 bits per heavy atom. The third-order valence-corrected chi connectivity index (χ3v) is 5.06. The number of amides is 1. The molecule has 1 aromatic rings. The quantitative estimate of drug-likeness (QED) is 0.812. The molecule has 3 N–H and O–H groups in total. The van der Waals surface area contributed by atoms with Crippen LogP contribution in [0.1, 0.15) is 19.4 Å². The zero-order chi connectivity index (χ0) is 16.3. The number of hydrogen-bond acceptors (Lipinski definition) is 4. The van der Waals surface area contributed by atoms with E-state index in [0.29, 0.717) is 0 Å². The van der Waals surface area contributed by atoms with E-state index < -0.39 is 26.3 Å². The monoisotopic (exact) mass is 312 g/mol. The highest BCUT2D eigenvalue weighted by Gasteiger charge is 2.38. The number of anilines is 1. The molecule has 21 heavy (non-hydrogen) atoms. The molecule has 0 saturated carbocycles. The second kappa shape index (κ2) is 6.24.